The van der Waals surface area contributed by atoms with Gasteiger partial charge in [-0.25, -0.2) is 4.79 Å². The van der Waals surface area contributed by atoms with Crippen molar-refractivity contribution in [1.82, 2.24) is 0 Å². The molecular formula is C13H13ClO2. The molecule has 3 heteroatoms. The van der Waals surface area contributed by atoms with Gasteiger partial charge in [0.2, 0.25) is 0 Å². The molecule has 0 bridgehead atoms. The van der Waals surface area contributed by atoms with Crippen LogP contribution in [0.15, 0.2) is 24.3 Å². The first kappa shape index (κ1) is 11.2. The zero-order valence-electron chi connectivity index (χ0n) is 9.13. The van der Waals surface area contributed by atoms with Crippen molar-refractivity contribution in [2.24, 2.45) is 0 Å². The lowest BCUT2D eigenvalue weighted by molar-refractivity contribution is 0.0600. The third-order valence-electron chi connectivity index (χ3n) is 2.79. The summed E-state index contributed by atoms with van der Waals surface area (Å²) in [4.78, 5) is 11.7. The Morgan fingerprint density at radius 1 is 1.44 bits per heavy atom. The molecule has 2 nitrogen and oxygen atoms in total. The van der Waals surface area contributed by atoms with Gasteiger partial charge < -0.3 is 4.74 Å². The molecule has 84 valence electrons. The number of benzene rings is 1. The molecule has 1 aromatic carbocycles. The van der Waals surface area contributed by atoms with Crippen LogP contribution in [-0.2, 0) is 4.74 Å². The molecule has 0 amide bonds. The number of ether oxygens (including phenoxy) is 1. The lowest BCUT2D eigenvalue weighted by Gasteiger charge is -2.10. The quantitative estimate of drug-likeness (QED) is 0.732. The van der Waals surface area contributed by atoms with Gasteiger partial charge in [0.05, 0.1) is 17.7 Å². The number of carbonyl (C=O) groups is 1. The number of methoxy groups -OCH3 is 1. The average molecular weight is 237 g/mol. The first-order chi connectivity index (χ1) is 7.74. The van der Waals surface area contributed by atoms with Crippen LogP contribution in [0.2, 0.25) is 5.02 Å². The van der Waals surface area contributed by atoms with E-state index in [0.717, 1.165) is 24.8 Å². The summed E-state index contributed by atoms with van der Waals surface area (Å²) in [5, 5.41) is 0.456. The molecule has 0 N–H and O–H groups in total. The topological polar surface area (TPSA) is 26.3 Å². The zero-order valence-corrected chi connectivity index (χ0v) is 9.88. The van der Waals surface area contributed by atoms with Crippen molar-refractivity contribution in [3.8, 4) is 0 Å². The summed E-state index contributed by atoms with van der Waals surface area (Å²) in [6.07, 6.45) is 5.38. The molecular weight excluding hydrogens is 224 g/mol. The van der Waals surface area contributed by atoms with Crippen LogP contribution in [0, 0.1) is 0 Å². The Morgan fingerprint density at radius 3 is 2.88 bits per heavy atom. The van der Waals surface area contributed by atoms with E-state index in [0.29, 0.717) is 10.6 Å². The molecule has 0 aromatic heterocycles. The van der Waals surface area contributed by atoms with E-state index < -0.39 is 0 Å². The van der Waals surface area contributed by atoms with Crippen LogP contribution in [0.3, 0.4) is 0 Å². The minimum Gasteiger partial charge on any atom is -0.465 e. The monoisotopic (exact) mass is 236 g/mol. The maximum atomic E-state index is 11.7. The van der Waals surface area contributed by atoms with Gasteiger partial charge in [-0.2, -0.15) is 0 Å². The van der Waals surface area contributed by atoms with Gasteiger partial charge in [0, 0.05) is 0 Å². The van der Waals surface area contributed by atoms with Gasteiger partial charge in [-0.1, -0.05) is 29.8 Å². The normalized spacial score (nSPS) is 14.8. The fraction of sp³-hybridized carbons (Fsp3) is 0.308. The molecule has 1 aliphatic carbocycles. The first-order valence-corrected chi connectivity index (χ1v) is 5.68. The lowest BCUT2D eigenvalue weighted by atomic mass is 9.99. The number of halogens is 1. The molecule has 2 rings (SSSR count). The van der Waals surface area contributed by atoms with Crippen LogP contribution in [0.25, 0.3) is 5.57 Å². The Balaban J connectivity index is 2.51. The molecule has 1 aromatic rings. The van der Waals surface area contributed by atoms with E-state index in [1.807, 2.05) is 12.1 Å². The summed E-state index contributed by atoms with van der Waals surface area (Å²) in [7, 11) is 1.37. The van der Waals surface area contributed by atoms with Gasteiger partial charge in [-0.3, -0.25) is 0 Å². The minimum absolute atomic E-state index is 0.367. The van der Waals surface area contributed by atoms with E-state index in [4.69, 9.17) is 16.3 Å². The second kappa shape index (κ2) is 4.71. The summed E-state index contributed by atoms with van der Waals surface area (Å²) in [6, 6.07) is 5.51. The van der Waals surface area contributed by atoms with Crippen LogP contribution in [0.1, 0.15) is 35.2 Å². The third-order valence-corrected chi connectivity index (χ3v) is 3.11. The summed E-state index contributed by atoms with van der Waals surface area (Å²) in [6.45, 7) is 0. The smallest absolute Gasteiger partial charge is 0.339 e. The number of carbonyl (C=O) groups excluding carboxylic acids is 1. The van der Waals surface area contributed by atoms with Crippen molar-refractivity contribution in [2.75, 3.05) is 7.11 Å². The van der Waals surface area contributed by atoms with Gasteiger partial charge in [0.1, 0.15) is 0 Å². The van der Waals surface area contributed by atoms with Gasteiger partial charge >= 0.3 is 5.97 Å². The molecule has 0 atom stereocenters. The predicted molar refractivity (Wildman–Crippen MR) is 64.6 cm³/mol. The fourth-order valence-corrected chi connectivity index (χ4v) is 2.27. The van der Waals surface area contributed by atoms with Crippen molar-refractivity contribution in [1.29, 1.82) is 0 Å². The van der Waals surface area contributed by atoms with E-state index in [9.17, 15) is 4.79 Å². The van der Waals surface area contributed by atoms with Crippen LogP contribution in [0.4, 0.5) is 0 Å². The largest absolute Gasteiger partial charge is 0.465 e. The van der Waals surface area contributed by atoms with Crippen molar-refractivity contribution >= 4 is 23.1 Å². The van der Waals surface area contributed by atoms with Crippen molar-refractivity contribution in [2.45, 2.75) is 19.3 Å². The molecule has 0 saturated carbocycles. The van der Waals surface area contributed by atoms with Crippen molar-refractivity contribution in [3.63, 3.8) is 0 Å². The Hall–Kier alpha value is -1.28. The highest BCUT2D eigenvalue weighted by Gasteiger charge is 2.19. The highest BCUT2D eigenvalue weighted by molar-refractivity contribution is 6.34. The maximum Gasteiger partial charge on any atom is 0.339 e. The number of hydrogen-bond acceptors (Lipinski definition) is 2. The molecule has 0 saturated heterocycles. The zero-order chi connectivity index (χ0) is 11.5. The lowest BCUT2D eigenvalue weighted by Crippen LogP contribution is -2.06. The molecule has 16 heavy (non-hydrogen) atoms. The van der Waals surface area contributed by atoms with Gasteiger partial charge in [0.15, 0.2) is 0 Å². The Bertz CT molecular complexity index is 449. The van der Waals surface area contributed by atoms with E-state index in [2.05, 4.69) is 6.08 Å². The molecule has 0 fully saturated rings. The van der Waals surface area contributed by atoms with Gasteiger partial charge in [-0.15, -0.1) is 0 Å². The standard InChI is InChI=1S/C13H13ClO2/c1-16-13(15)12-10(7-4-8-11(12)14)9-5-2-3-6-9/h4-5,7-8H,2-3,6H2,1H3. The van der Waals surface area contributed by atoms with Gasteiger partial charge in [0.25, 0.3) is 0 Å². The van der Waals surface area contributed by atoms with Crippen LogP contribution >= 0.6 is 11.6 Å². The second-order valence-corrected chi connectivity index (χ2v) is 4.18. The number of esters is 1. The maximum absolute atomic E-state index is 11.7. The predicted octanol–water partition coefficient (Wildman–Crippen LogP) is 3.69. The number of rotatable bonds is 2. The molecule has 0 radical (unpaired) electrons. The summed E-state index contributed by atoms with van der Waals surface area (Å²) < 4.78 is 4.77. The third kappa shape index (κ3) is 1.98. The van der Waals surface area contributed by atoms with Gasteiger partial charge in [-0.05, 0) is 36.5 Å². The number of allylic oxidation sites excluding steroid dienone is 2. The van der Waals surface area contributed by atoms with E-state index in [-0.39, 0.29) is 5.97 Å². The molecule has 0 unspecified atom stereocenters. The fourth-order valence-electron chi connectivity index (χ4n) is 2.02. The molecule has 0 spiro atoms. The molecule has 0 aliphatic heterocycles. The van der Waals surface area contributed by atoms with Crippen LogP contribution < -0.4 is 0 Å². The SMILES string of the molecule is COC(=O)c1c(Cl)cccc1C1=CCCC1. The average Bonchev–Trinajstić information content (AvgIpc) is 2.81. The summed E-state index contributed by atoms with van der Waals surface area (Å²) in [5.74, 6) is -0.367. The van der Waals surface area contributed by atoms with Crippen LogP contribution in [-0.4, -0.2) is 13.1 Å². The van der Waals surface area contributed by atoms with E-state index in [1.165, 1.54) is 12.7 Å². The van der Waals surface area contributed by atoms with Crippen molar-refractivity contribution < 1.29 is 9.53 Å². The Labute approximate surface area is 99.9 Å². The molecule has 0 heterocycles. The Kier molecular flexibility index (Phi) is 3.30. The Morgan fingerprint density at radius 2 is 2.25 bits per heavy atom. The summed E-state index contributed by atoms with van der Waals surface area (Å²) >= 11 is 6.05. The van der Waals surface area contributed by atoms with E-state index >= 15 is 0 Å². The summed E-state index contributed by atoms with van der Waals surface area (Å²) in [5.41, 5.74) is 2.60. The highest BCUT2D eigenvalue weighted by Crippen LogP contribution is 2.33. The number of hydrogen-bond donors (Lipinski definition) is 0. The minimum atomic E-state index is -0.367. The van der Waals surface area contributed by atoms with E-state index in [1.54, 1.807) is 6.07 Å². The highest BCUT2D eigenvalue weighted by atomic mass is 35.5. The van der Waals surface area contributed by atoms with Crippen molar-refractivity contribution in [3.05, 3.63) is 40.4 Å². The first-order valence-electron chi connectivity index (χ1n) is 5.30. The molecule has 1 aliphatic rings. The second-order valence-electron chi connectivity index (χ2n) is 3.78. The van der Waals surface area contributed by atoms with Crippen LogP contribution in [0.5, 0.6) is 0 Å².